The third-order valence-electron chi connectivity index (χ3n) is 2.48. The molecular formula is C12H14FN3O2. The van der Waals surface area contributed by atoms with Crippen LogP contribution in [0.15, 0.2) is 18.2 Å². The number of ether oxygens (including phenoxy) is 1. The highest BCUT2D eigenvalue weighted by atomic mass is 19.1. The molecule has 2 rings (SSSR count). The molecule has 18 heavy (non-hydrogen) atoms. The van der Waals surface area contributed by atoms with E-state index < -0.39 is 0 Å². The minimum Gasteiger partial charge on any atom is -0.384 e. The molecule has 2 aromatic rings. The monoisotopic (exact) mass is 251 g/mol. The van der Waals surface area contributed by atoms with Gasteiger partial charge in [-0.3, -0.25) is 4.79 Å². The SMILES string of the molecule is COCCC(=O)NCc1nc2ccc(F)cc2[nH]1. The number of methoxy groups -OCH3 is 1. The van der Waals surface area contributed by atoms with Crippen molar-refractivity contribution in [1.82, 2.24) is 15.3 Å². The van der Waals surface area contributed by atoms with Crippen LogP contribution in [-0.4, -0.2) is 29.6 Å². The second-order valence-corrected chi connectivity index (χ2v) is 3.86. The summed E-state index contributed by atoms with van der Waals surface area (Å²) in [5, 5.41) is 2.70. The first kappa shape index (κ1) is 12.5. The van der Waals surface area contributed by atoms with Crippen molar-refractivity contribution in [2.24, 2.45) is 0 Å². The molecule has 0 fully saturated rings. The van der Waals surface area contributed by atoms with Crippen LogP contribution in [0.1, 0.15) is 12.2 Å². The zero-order valence-electron chi connectivity index (χ0n) is 10.00. The molecule has 0 atom stereocenters. The van der Waals surface area contributed by atoms with E-state index in [0.717, 1.165) is 0 Å². The number of amides is 1. The maximum atomic E-state index is 13.0. The number of carbonyl (C=O) groups is 1. The third kappa shape index (κ3) is 3.04. The van der Waals surface area contributed by atoms with E-state index >= 15 is 0 Å². The Morgan fingerprint density at radius 3 is 3.17 bits per heavy atom. The number of nitrogens with one attached hydrogen (secondary N) is 2. The van der Waals surface area contributed by atoms with Gasteiger partial charge in [-0.1, -0.05) is 0 Å². The molecule has 0 saturated heterocycles. The highest BCUT2D eigenvalue weighted by molar-refractivity contribution is 5.77. The predicted octanol–water partition coefficient (Wildman–Crippen LogP) is 1.35. The number of benzene rings is 1. The molecule has 0 radical (unpaired) electrons. The fraction of sp³-hybridized carbons (Fsp3) is 0.333. The summed E-state index contributed by atoms with van der Waals surface area (Å²) in [4.78, 5) is 18.5. The topological polar surface area (TPSA) is 67.0 Å². The molecule has 1 aromatic carbocycles. The van der Waals surface area contributed by atoms with Crippen LogP contribution in [0.3, 0.4) is 0 Å². The van der Waals surface area contributed by atoms with Crippen LogP contribution in [-0.2, 0) is 16.1 Å². The number of fused-ring (bicyclic) bond motifs is 1. The Bertz CT molecular complexity index is 553. The fourth-order valence-corrected chi connectivity index (χ4v) is 1.58. The third-order valence-corrected chi connectivity index (χ3v) is 2.48. The first-order chi connectivity index (χ1) is 8.69. The van der Waals surface area contributed by atoms with Gasteiger partial charge in [0.25, 0.3) is 0 Å². The van der Waals surface area contributed by atoms with E-state index in [2.05, 4.69) is 15.3 Å². The summed E-state index contributed by atoms with van der Waals surface area (Å²) in [7, 11) is 1.54. The standard InChI is InChI=1S/C12H14FN3O2/c1-18-5-4-12(17)14-7-11-15-9-3-2-8(13)6-10(9)16-11/h2-3,6H,4-5,7H2,1H3,(H,14,17)(H,15,16). The number of halogens is 1. The molecule has 1 amide bonds. The molecule has 0 bridgehead atoms. The number of H-pyrrole nitrogens is 1. The van der Waals surface area contributed by atoms with Crippen LogP contribution < -0.4 is 5.32 Å². The Labute approximate surface area is 103 Å². The number of aromatic nitrogens is 2. The van der Waals surface area contributed by atoms with Crippen molar-refractivity contribution in [2.45, 2.75) is 13.0 Å². The van der Waals surface area contributed by atoms with E-state index in [4.69, 9.17) is 4.74 Å². The van der Waals surface area contributed by atoms with Gasteiger partial charge in [0, 0.05) is 13.5 Å². The highest BCUT2D eigenvalue weighted by Crippen LogP contribution is 2.12. The first-order valence-corrected chi connectivity index (χ1v) is 5.59. The molecule has 1 heterocycles. The normalized spacial score (nSPS) is 10.8. The van der Waals surface area contributed by atoms with Gasteiger partial charge in [-0.2, -0.15) is 0 Å². The largest absolute Gasteiger partial charge is 0.384 e. The maximum Gasteiger partial charge on any atom is 0.222 e. The van der Waals surface area contributed by atoms with Gasteiger partial charge in [-0.15, -0.1) is 0 Å². The first-order valence-electron chi connectivity index (χ1n) is 5.59. The quantitative estimate of drug-likeness (QED) is 0.843. The lowest BCUT2D eigenvalue weighted by Gasteiger charge is -2.01. The van der Waals surface area contributed by atoms with Crippen molar-refractivity contribution in [3.8, 4) is 0 Å². The lowest BCUT2D eigenvalue weighted by Crippen LogP contribution is -2.24. The summed E-state index contributed by atoms with van der Waals surface area (Å²) in [6, 6.07) is 4.32. The van der Waals surface area contributed by atoms with Gasteiger partial charge < -0.3 is 15.0 Å². The average molecular weight is 251 g/mol. The van der Waals surface area contributed by atoms with E-state index in [1.807, 2.05) is 0 Å². The Hall–Kier alpha value is -1.95. The number of hydrogen-bond donors (Lipinski definition) is 2. The van der Waals surface area contributed by atoms with Gasteiger partial charge in [-0.05, 0) is 18.2 Å². The summed E-state index contributed by atoms with van der Waals surface area (Å²) in [6.45, 7) is 0.677. The van der Waals surface area contributed by atoms with Gasteiger partial charge in [0.2, 0.25) is 5.91 Å². The van der Waals surface area contributed by atoms with Gasteiger partial charge in [0.05, 0.1) is 24.2 Å². The Balaban J connectivity index is 1.97. The van der Waals surface area contributed by atoms with Crippen molar-refractivity contribution < 1.29 is 13.9 Å². The Kier molecular flexibility index (Phi) is 3.88. The Morgan fingerprint density at radius 2 is 2.39 bits per heavy atom. The highest BCUT2D eigenvalue weighted by Gasteiger charge is 2.05. The van der Waals surface area contributed by atoms with Gasteiger partial charge in [0.15, 0.2) is 0 Å². The van der Waals surface area contributed by atoms with E-state index in [1.165, 1.54) is 12.1 Å². The van der Waals surface area contributed by atoms with Gasteiger partial charge in [0.1, 0.15) is 11.6 Å². The van der Waals surface area contributed by atoms with E-state index in [9.17, 15) is 9.18 Å². The minimum absolute atomic E-state index is 0.108. The predicted molar refractivity (Wildman–Crippen MR) is 64.4 cm³/mol. The molecule has 0 aliphatic carbocycles. The molecule has 2 N–H and O–H groups in total. The van der Waals surface area contributed by atoms with Gasteiger partial charge >= 0.3 is 0 Å². The number of carbonyl (C=O) groups excluding carboxylic acids is 1. The molecule has 0 saturated carbocycles. The second kappa shape index (κ2) is 5.59. The van der Waals surface area contributed by atoms with E-state index in [1.54, 1.807) is 13.2 Å². The van der Waals surface area contributed by atoms with Crippen LogP contribution >= 0.6 is 0 Å². The molecule has 1 aromatic heterocycles. The van der Waals surface area contributed by atoms with Crippen LogP contribution in [0, 0.1) is 5.82 Å². The van der Waals surface area contributed by atoms with Crippen LogP contribution in [0.25, 0.3) is 11.0 Å². The lowest BCUT2D eigenvalue weighted by molar-refractivity contribution is -0.122. The number of nitrogens with zero attached hydrogens (tertiary/aromatic N) is 1. The zero-order valence-corrected chi connectivity index (χ0v) is 10.00. The van der Waals surface area contributed by atoms with Crippen LogP contribution in [0.5, 0.6) is 0 Å². The minimum atomic E-state index is -0.318. The van der Waals surface area contributed by atoms with Crippen LogP contribution in [0.4, 0.5) is 4.39 Å². The number of hydrogen-bond acceptors (Lipinski definition) is 3. The molecule has 0 aliphatic heterocycles. The summed E-state index contributed by atoms with van der Waals surface area (Å²) < 4.78 is 17.8. The molecular weight excluding hydrogens is 237 g/mol. The van der Waals surface area contributed by atoms with Crippen molar-refractivity contribution in [3.63, 3.8) is 0 Å². The fourth-order valence-electron chi connectivity index (χ4n) is 1.58. The average Bonchev–Trinajstić information content (AvgIpc) is 2.75. The van der Waals surface area contributed by atoms with E-state index in [0.29, 0.717) is 36.4 Å². The molecule has 0 aliphatic rings. The summed E-state index contributed by atoms with van der Waals surface area (Å²) >= 11 is 0. The molecule has 6 heteroatoms. The molecule has 5 nitrogen and oxygen atoms in total. The summed E-state index contributed by atoms with van der Waals surface area (Å²) in [6.07, 6.45) is 0.311. The number of rotatable bonds is 5. The van der Waals surface area contributed by atoms with Crippen molar-refractivity contribution >= 4 is 16.9 Å². The van der Waals surface area contributed by atoms with E-state index in [-0.39, 0.29) is 11.7 Å². The molecule has 0 unspecified atom stereocenters. The lowest BCUT2D eigenvalue weighted by atomic mass is 10.3. The smallest absolute Gasteiger partial charge is 0.222 e. The summed E-state index contributed by atoms with van der Waals surface area (Å²) in [5.41, 5.74) is 1.30. The number of imidazole rings is 1. The maximum absolute atomic E-state index is 13.0. The van der Waals surface area contributed by atoms with Crippen molar-refractivity contribution in [3.05, 3.63) is 29.8 Å². The van der Waals surface area contributed by atoms with Crippen molar-refractivity contribution in [1.29, 1.82) is 0 Å². The Morgan fingerprint density at radius 1 is 1.56 bits per heavy atom. The zero-order chi connectivity index (χ0) is 13.0. The summed E-state index contributed by atoms with van der Waals surface area (Å²) in [5.74, 6) is 0.173. The van der Waals surface area contributed by atoms with Crippen LogP contribution in [0.2, 0.25) is 0 Å². The molecule has 0 spiro atoms. The van der Waals surface area contributed by atoms with Gasteiger partial charge in [-0.25, -0.2) is 9.37 Å². The number of aromatic amines is 1. The second-order valence-electron chi connectivity index (χ2n) is 3.86. The van der Waals surface area contributed by atoms with Crippen molar-refractivity contribution in [2.75, 3.05) is 13.7 Å². The molecule has 96 valence electrons.